The van der Waals surface area contributed by atoms with Gasteiger partial charge in [0.05, 0.1) is 21.6 Å². The van der Waals surface area contributed by atoms with Crippen LogP contribution in [0.1, 0.15) is 12.5 Å². The summed E-state index contributed by atoms with van der Waals surface area (Å²) in [6.07, 6.45) is 0. The van der Waals surface area contributed by atoms with Crippen LogP contribution in [-0.4, -0.2) is 39.4 Å². The maximum atomic E-state index is 12.3. The molecule has 1 rings (SSSR count). The van der Waals surface area contributed by atoms with Gasteiger partial charge in [-0.1, -0.05) is 11.6 Å². The lowest BCUT2D eigenvalue weighted by atomic mass is 10.2. The van der Waals surface area contributed by atoms with Gasteiger partial charge in [0.15, 0.2) is 0 Å². The first kappa shape index (κ1) is 16.7. The Morgan fingerprint density at radius 3 is 2.45 bits per heavy atom. The van der Waals surface area contributed by atoms with E-state index in [1.165, 1.54) is 24.0 Å². The number of benzene rings is 1. The highest BCUT2D eigenvalue weighted by atomic mass is 35.5. The highest BCUT2D eigenvalue weighted by molar-refractivity contribution is 7.89. The maximum Gasteiger partial charge on any atom is 0.241 e. The minimum absolute atomic E-state index is 0.0119. The Kier molecular flexibility index (Phi) is 5.01. The summed E-state index contributed by atoms with van der Waals surface area (Å²) in [6, 6.07) is 1.89. The molecule has 0 spiro atoms. The van der Waals surface area contributed by atoms with Crippen LogP contribution in [0, 0.1) is 6.92 Å². The largest absolute Gasteiger partial charge is 0.397 e. The van der Waals surface area contributed by atoms with Gasteiger partial charge < -0.3 is 10.6 Å². The van der Waals surface area contributed by atoms with Crippen LogP contribution in [-0.2, 0) is 14.8 Å². The number of nitrogen functional groups attached to an aromatic ring is 1. The van der Waals surface area contributed by atoms with Gasteiger partial charge >= 0.3 is 0 Å². The Labute approximate surface area is 123 Å². The molecule has 0 radical (unpaired) electrons. The van der Waals surface area contributed by atoms with E-state index in [-0.39, 0.29) is 16.5 Å². The summed E-state index contributed by atoms with van der Waals surface area (Å²) >= 11 is 5.83. The normalized spacial score (nSPS) is 13.1. The van der Waals surface area contributed by atoms with E-state index in [0.717, 1.165) is 0 Å². The van der Waals surface area contributed by atoms with E-state index in [2.05, 4.69) is 4.72 Å². The van der Waals surface area contributed by atoms with Crippen molar-refractivity contribution < 1.29 is 13.2 Å². The van der Waals surface area contributed by atoms with Gasteiger partial charge in [0.2, 0.25) is 15.9 Å². The number of halogens is 1. The number of rotatable bonds is 4. The topological polar surface area (TPSA) is 92.5 Å². The first-order chi connectivity index (χ1) is 9.06. The van der Waals surface area contributed by atoms with Gasteiger partial charge in [-0.2, -0.15) is 4.72 Å². The minimum Gasteiger partial charge on any atom is -0.397 e. The zero-order valence-electron chi connectivity index (χ0n) is 11.8. The van der Waals surface area contributed by atoms with Crippen molar-refractivity contribution in [2.75, 3.05) is 19.8 Å². The third-order valence-electron chi connectivity index (χ3n) is 2.73. The van der Waals surface area contributed by atoms with Gasteiger partial charge in [-0.3, -0.25) is 4.79 Å². The molecule has 20 heavy (non-hydrogen) atoms. The predicted octanol–water partition coefficient (Wildman–Crippen LogP) is 0.986. The number of carbonyl (C=O) groups is 1. The van der Waals surface area contributed by atoms with Gasteiger partial charge in [-0.15, -0.1) is 0 Å². The second-order valence-corrected chi connectivity index (χ2v) is 6.80. The van der Waals surface area contributed by atoms with Gasteiger partial charge in [-0.25, -0.2) is 8.42 Å². The number of hydrogen-bond donors (Lipinski definition) is 2. The number of hydrogen-bond acceptors (Lipinski definition) is 4. The summed E-state index contributed by atoms with van der Waals surface area (Å²) in [5.74, 6) is -0.340. The molecule has 0 fully saturated rings. The first-order valence-corrected chi connectivity index (χ1v) is 7.71. The fourth-order valence-corrected chi connectivity index (χ4v) is 3.37. The summed E-state index contributed by atoms with van der Waals surface area (Å²) in [6.45, 7) is 3.09. The molecule has 1 unspecified atom stereocenters. The number of nitrogens with two attached hydrogens (primary N) is 1. The summed E-state index contributed by atoms with van der Waals surface area (Å²) in [5.41, 5.74) is 6.26. The number of likely N-dealkylation sites (N-methyl/N-ethyl adjacent to an activating group) is 1. The summed E-state index contributed by atoms with van der Waals surface area (Å²) in [5, 5.41) is 0.291. The van der Waals surface area contributed by atoms with E-state index >= 15 is 0 Å². The molecule has 1 aromatic carbocycles. The van der Waals surface area contributed by atoms with Crippen LogP contribution in [0.5, 0.6) is 0 Å². The number of aryl methyl sites for hydroxylation is 1. The number of sulfonamides is 1. The van der Waals surface area contributed by atoms with E-state index in [1.54, 1.807) is 21.0 Å². The Morgan fingerprint density at radius 2 is 1.95 bits per heavy atom. The SMILES string of the molecule is Cc1cc(Cl)c(N)cc1S(=O)(=O)NC(C)C(=O)N(C)C. The predicted molar refractivity (Wildman–Crippen MR) is 79.1 cm³/mol. The van der Waals surface area contributed by atoms with Crippen molar-refractivity contribution in [2.24, 2.45) is 0 Å². The molecule has 0 aliphatic rings. The van der Waals surface area contributed by atoms with Crippen LogP contribution in [0.25, 0.3) is 0 Å². The monoisotopic (exact) mass is 319 g/mol. The van der Waals surface area contributed by atoms with Crippen molar-refractivity contribution in [3.8, 4) is 0 Å². The van der Waals surface area contributed by atoms with Gasteiger partial charge in [-0.05, 0) is 31.5 Å². The molecule has 1 aromatic rings. The van der Waals surface area contributed by atoms with Crippen molar-refractivity contribution in [3.63, 3.8) is 0 Å². The Balaban J connectivity index is 3.12. The average Bonchev–Trinajstić information content (AvgIpc) is 2.31. The molecule has 0 saturated heterocycles. The molecule has 6 nitrogen and oxygen atoms in total. The van der Waals surface area contributed by atoms with Crippen molar-refractivity contribution in [1.29, 1.82) is 0 Å². The quantitative estimate of drug-likeness (QED) is 0.809. The van der Waals surface area contributed by atoms with E-state index in [0.29, 0.717) is 10.6 Å². The van der Waals surface area contributed by atoms with Crippen LogP contribution in [0.3, 0.4) is 0 Å². The average molecular weight is 320 g/mol. The standard InChI is InChI=1S/C12H18ClN3O3S/c1-7-5-9(13)10(14)6-11(7)20(18,19)15-8(2)12(17)16(3)4/h5-6,8,15H,14H2,1-4H3. The Hall–Kier alpha value is -1.31. The van der Waals surface area contributed by atoms with Crippen LogP contribution >= 0.6 is 11.6 Å². The molecule has 0 aromatic heterocycles. The molecule has 0 aliphatic carbocycles. The third kappa shape index (κ3) is 3.62. The fraction of sp³-hybridized carbons (Fsp3) is 0.417. The molecule has 0 heterocycles. The Morgan fingerprint density at radius 1 is 1.40 bits per heavy atom. The van der Waals surface area contributed by atoms with Crippen molar-refractivity contribution in [3.05, 3.63) is 22.7 Å². The highest BCUT2D eigenvalue weighted by Gasteiger charge is 2.25. The lowest BCUT2D eigenvalue weighted by molar-refractivity contribution is -0.130. The van der Waals surface area contributed by atoms with Crippen LogP contribution in [0.15, 0.2) is 17.0 Å². The van der Waals surface area contributed by atoms with E-state index in [1.807, 2.05) is 0 Å². The number of carbonyl (C=O) groups excluding carboxylic acids is 1. The molecule has 1 atom stereocenters. The van der Waals surface area contributed by atoms with E-state index < -0.39 is 16.1 Å². The smallest absolute Gasteiger partial charge is 0.241 e. The molecule has 112 valence electrons. The number of anilines is 1. The van der Waals surface area contributed by atoms with Gasteiger partial charge in [0.25, 0.3) is 0 Å². The van der Waals surface area contributed by atoms with Crippen LogP contribution < -0.4 is 10.5 Å². The zero-order valence-corrected chi connectivity index (χ0v) is 13.3. The molecule has 0 saturated carbocycles. The first-order valence-electron chi connectivity index (χ1n) is 5.85. The van der Waals surface area contributed by atoms with Crippen LogP contribution in [0.4, 0.5) is 5.69 Å². The third-order valence-corrected chi connectivity index (χ3v) is 4.74. The molecule has 0 aliphatic heterocycles. The zero-order chi connectivity index (χ0) is 15.7. The fourth-order valence-electron chi connectivity index (χ4n) is 1.69. The molecule has 3 N–H and O–H groups in total. The Bertz CT molecular complexity index is 629. The molecular weight excluding hydrogens is 302 g/mol. The second-order valence-electron chi connectivity index (χ2n) is 4.71. The number of nitrogens with one attached hydrogen (secondary N) is 1. The van der Waals surface area contributed by atoms with E-state index in [4.69, 9.17) is 17.3 Å². The number of nitrogens with zero attached hydrogens (tertiary/aromatic N) is 1. The molecule has 8 heteroatoms. The minimum atomic E-state index is -3.84. The van der Waals surface area contributed by atoms with E-state index in [9.17, 15) is 13.2 Å². The van der Waals surface area contributed by atoms with Crippen molar-refractivity contribution >= 4 is 33.2 Å². The summed E-state index contributed by atoms with van der Waals surface area (Å²) in [7, 11) is -0.736. The lowest BCUT2D eigenvalue weighted by Crippen LogP contribution is -2.44. The summed E-state index contributed by atoms with van der Waals surface area (Å²) < 4.78 is 26.9. The van der Waals surface area contributed by atoms with Gasteiger partial charge in [0.1, 0.15) is 0 Å². The lowest BCUT2D eigenvalue weighted by Gasteiger charge is -2.19. The molecule has 0 bridgehead atoms. The number of amides is 1. The second kappa shape index (κ2) is 5.99. The van der Waals surface area contributed by atoms with Crippen molar-refractivity contribution in [2.45, 2.75) is 24.8 Å². The van der Waals surface area contributed by atoms with Crippen molar-refractivity contribution in [1.82, 2.24) is 9.62 Å². The summed E-state index contributed by atoms with van der Waals surface area (Å²) in [4.78, 5) is 13.0. The highest BCUT2D eigenvalue weighted by Crippen LogP contribution is 2.26. The molecule has 1 amide bonds. The maximum absolute atomic E-state index is 12.3. The van der Waals surface area contributed by atoms with Crippen LogP contribution in [0.2, 0.25) is 5.02 Å². The molecular formula is C12H18ClN3O3S. The van der Waals surface area contributed by atoms with Gasteiger partial charge in [0, 0.05) is 14.1 Å².